The van der Waals surface area contributed by atoms with Gasteiger partial charge in [0.15, 0.2) is 5.16 Å². The third-order valence-electron chi connectivity index (χ3n) is 4.10. The van der Waals surface area contributed by atoms with Gasteiger partial charge < -0.3 is 19.4 Å². The van der Waals surface area contributed by atoms with E-state index in [0.29, 0.717) is 22.1 Å². The van der Waals surface area contributed by atoms with Crippen LogP contribution in [0.2, 0.25) is 0 Å². The Balaban J connectivity index is 1.58. The first kappa shape index (κ1) is 20.9. The number of anilines is 1. The maximum absolute atomic E-state index is 12.3. The van der Waals surface area contributed by atoms with E-state index >= 15 is 0 Å². The van der Waals surface area contributed by atoms with Crippen molar-refractivity contribution in [2.24, 2.45) is 7.05 Å². The number of thioether (sulfide) groups is 1. The summed E-state index contributed by atoms with van der Waals surface area (Å²) in [4.78, 5) is 24.0. The van der Waals surface area contributed by atoms with Crippen LogP contribution in [0.1, 0.15) is 21.7 Å². The lowest BCUT2D eigenvalue weighted by Crippen LogP contribution is -2.16. The van der Waals surface area contributed by atoms with Crippen molar-refractivity contribution in [3.63, 3.8) is 0 Å². The summed E-state index contributed by atoms with van der Waals surface area (Å²) < 4.78 is 11.7. The van der Waals surface area contributed by atoms with Gasteiger partial charge in [-0.15, -0.1) is 21.5 Å². The molecule has 29 heavy (non-hydrogen) atoms. The average molecular weight is 433 g/mol. The lowest BCUT2D eigenvalue weighted by Gasteiger charge is -2.06. The lowest BCUT2D eigenvalue weighted by molar-refractivity contribution is -0.113. The quantitative estimate of drug-likeness (QED) is 0.432. The van der Waals surface area contributed by atoms with Gasteiger partial charge in [-0.05, 0) is 29.1 Å². The monoisotopic (exact) mass is 432 g/mol. The van der Waals surface area contributed by atoms with Gasteiger partial charge in [-0.1, -0.05) is 23.9 Å². The Labute approximate surface area is 176 Å². The van der Waals surface area contributed by atoms with Gasteiger partial charge >= 0.3 is 5.97 Å². The van der Waals surface area contributed by atoms with Crippen molar-refractivity contribution in [1.29, 1.82) is 0 Å². The zero-order chi connectivity index (χ0) is 20.8. The standard InChI is InChI=1S/C19H20N4O4S2/c1-23-15(10-12-4-6-13(26-2)7-5-12)21-22-19(23)29-11-16(24)20-17-14(8-9-28-17)18(25)27-3/h4-9H,10-11H2,1-3H3,(H,20,24). The van der Waals surface area contributed by atoms with Gasteiger partial charge in [-0.3, -0.25) is 4.79 Å². The highest BCUT2D eigenvalue weighted by molar-refractivity contribution is 7.99. The van der Waals surface area contributed by atoms with Crippen LogP contribution >= 0.6 is 23.1 Å². The molecule has 0 aliphatic heterocycles. The number of hydrogen-bond donors (Lipinski definition) is 1. The predicted octanol–water partition coefficient (Wildman–Crippen LogP) is 2.99. The second-order valence-electron chi connectivity index (χ2n) is 5.97. The van der Waals surface area contributed by atoms with E-state index in [-0.39, 0.29) is 11.7 Å². The molecule has 2 aromatic heterocycles. The minimum absolute atomic E-state index is 0.146. The van der Waals surface area contributed by atoms with E-state index in [4.69, 9.17) is 9.47 Å². The van der Waals surface area contributed by atoms with Gasteiger partial charge in [0, 0.05) is 13.5 Å². The molecule has 8 nitrogen and oxygen atoms in total. The third-order valence-corrected chi connectivity index (χ3v) is 5.95. The second-order valence-corrected chi connectivity index (χ2v) is 7.83. The van der Waals surface area contributed by atoms with Crippen LogP contribution in [-0.4, -0.2) is 46.6 Å². The first-order valence-corrected chi connectivity index (χ1v) is 10.5. The van der Waals surface area contributed by atoms with Crippen molar-refractivity contribution in [3.05, 3.63) is 52.7 Å². The van der Waals surface area contributed by atoms with Gasteiger partial charge in [0.25, 0.3) is 0 Å². The Kier molecular flexibility index (Phi) is 6.89. The molecule has 3 aromatic rings. The summed E-state index contributed by atoms with van der Waals surface area (Å²) in [5.74, 6) is 1.03. The summed E-state index contributed by atoms with van der Waals surface area (Å²) in [6, 6.07) is 9.38. The topological polar surface area (TPSA) is 95.3 Å². The van der Waals surface area contributed by atoms with E-state index in [1.54, 1.807) is 18.6 Å². The first-order chi connectivity index (χ1) is 14.0. The Morgan fingerprint density at radius 3 is 2.62 bits per heavy atom. The molecule has 0 bridgehead atoms. The molecule has 1 N–H and O–H groups in total. The van der Waals surface area contributed by atoms with Crippen molar-refractivity contribution in [3.8, 4) is 5.75 Å². The average Bonchev–Trinajstić information content (AvgIpc) is 3.33. The van der Waals surface area contributed by atoms with Gasteiger partial charge in [-0.25, -0.2) is 4.79 Å². The highest BCUT2D eigenvalue weighted by atomic mass is 32.2. The number of ether oxygens (including phenoxy) is 2. The molecule has 0 aliphatic carbocycles. The number of carbonyl (C=O) groups is 2. The van der Waals surface area contributed by atoms with E-state index in [1.165, 1.54) is 30.2 Å². The van der Waals surface area contributed by atoms with Crippen molar-refractivity contribution >= 4 is 40.0 Å². The van der Waals surface area contributed by atoms with Crippen LogP contribution < -0.4 is 10.1 Å². The highest BCUT2D eigenvalue weighted by Crippen LogP contribution is 2.25. The molecule has 0 fully saturated rings. The van der Waals surface area contributed by atoms with Crippen molar-refractivity contribution in [2.75, 3.05) is 25.3 Å². The maximum atomic E-state index is 12.3. The summed E-state index contributed by atoms with van der Waals surface area (Å²) in [5, 5.41) is 14.0. The largest absolute Gasteiger partial charge is 0.497 e. The molecular formula is C19H20N4O4S2. The number of hydrogen-bond acceptors (Lipinski definition) is 8. The van der Waals surface area contributed by atoms with Crippen LogP contribution in [0.15, 0.2) is 40.9 Å². The van der Waals surface area contributed by atoms with E-state index in [0.717, 1.165) is 17.1 Å². The minimum Gasteiger partial charge on any atom is -0.497 e. The number of benzene rings is 1. The molecular weight excluding hydrogens is 412 g/mol. The van der Waals surface area contributed by atoms with E-state index < -0.39 is 5.97 Å². The zero-order valence-corrected chi connectivity index (χ0v) is 17.8. The number of esters is 1. The Morgan fingerprint density at radius 2 is 1.93 bits per heavy atom. The molecule has 0 atom stereocenters. The molecule has 2 heterocycles. The zero-order valence-electron chi connectivity index (χ0n) is 16.2. The first-order valence-electron chi connectivity index (χ1n) is 8.61. The van der Waals surface area contributed by atoms with Crippen LogP contribution in [0, 0.1) is 0 Å². The fourth-order valence-electron chi connectivity index (χ4n) is 2.52. The SMILES string of the molecule is COC(=O)c1ccsc1NC(=O)CSc1nnc(Cc2ccc(OC)cc2)n1C. The third kappa shape index (κ3) is 5.15. The van der Waals surface area contributed by atoms with Gasteiger partial charge in [0.1, 0.15) is 16.6 Å². The molecule has 10 heteroatoms. The predicted molar refractivity (Wildman–Crippen MR) is 112 cm³/mol. The fourth-order valence-corrected chi connectivity index (χ4v) is 4.04. The van der Waals surface area contributed by atoms with Crippen LogP contribution in [-0.2, 0) is 23.0 Å². The van der Waals surface area contributed by atoms with Gasteiger partial charge in [-0.2, -0.15) is 0 Å². The molecule has 0 saturated carbocycles. The minimum atomic E-state index is -0.481. The number of rotatable bonds is 8. The molecule has 0 unspecified atom stereocenters. The summed E-state index contributed by atoms with van der Waals surface area (Å²) >= 11 is 2.55. The molecule has 0 radical (unpaired) electrons. The molecule has 1 aromatic carbocycles. The summed E-state index contributed by atoms with van der Waals surface area (Å²) in [6.45, 7) is 0. The van der Waals surface area contributed by atoms with Crippen LogP contribution in [0.25, 0.3) is 0 Å². The Hall–Kier alpha value is -2.85. The maximum Gasteiger partial charge on any atom is 0.340 e. The smallest absolute Gasteiger partial charge is 0.340 e. The summed E-state index contributed by atoms with van der Waals surface area (Å²) in [6.07, 6.45) is 0.623. The lowest BCUT2D eigenvalue weighted by atomic mass is 10.1. The second kappa shape index (κ2) is 9.57. The van der Waals surface area contributed by atoms with Crippen molar-refractivity contribution in [1.82, 2.24) is 14.8 Å². The highest BCUT2D eigenvalue weighted by Gasteiger charge is 2.17. The molecule has 0 aliphatic rings. The van der Waals surface area contributed by atoms with Gasteiger partial charge in [0.2, 0.25) is 5.91 Å². The van der Waals surface area contributed by atoms with Crippen LogP contribution in [0.4, 0.5) is 5.00 Å². The van der Waals surface area contributed by atoms with Crippen LogP contribution in [0.3, 0.4) is 0 Å². The summed E-state index contributed by atoms with van der Waals surface area (Å²) in [7, 11) is 4.80. The van der Waals surface area contributed by atoms with E-state index in [1.807, 2.05) is 35.9 Å². The number of carbonyl (C=O) groups excluding carboxylic acids is 2. The molecule has 3 rings (SSSR count). The Morgan fingerprint density at radius 1 is 1.17 bits per heavy atom. The molecule has 0 spiro atoms. The normalized spacial score (nSPS) is 10.6. The van der Waals surface area contributed by atoms with E-state index in [9.17, 15) is 9.59 Å². The number of thiophene rings is 1. The van der Waals surface area contributed by atoms with E-state index in [2.05, 4.69) is 15.5 Å². The van der Waals surface area contributed by atoms with Gasteiger partial charge in [0.05, 0.1) is 25.5 Å². The van der Waals surface area contributed by atoms with Crippen LogP contribution in [0.5, 0.6) is 5.75 Å². The molecule has 1 amide bonds. The summed E-state index contributed by atoms with van der Waals surface area (Å²) in [5.41, 5.74) is 1.43. The van der Waals surface area contributed by atoms with Crippen molar-refractivity contribution in [2.45, 2.75) is 11.6 Å². The number of nitrogens with zero attached hydrogens (tertiary/aromatic N) is 3. The Bertz CT molecular complexity index is 998. The molecule has 152 valence electrons. The number of amides is 1. The number of aromatic nitrogens is 3. The number of nitrogens with one attached hydrogen (secondary N) is 1. The molecule has 0 saturated heterocycles. The van der Waals surface area contributed by atoms with Crippen molar-refractivity contribution < 1.29 is 19.1 Å². The number of methoxy groups -OCH3 is 2. The fraction of sp³-hybridized carbons (Fsp3) is 0.263.